The van der Waals surface area contributed by atoms with Crippen LogP contribution in [-0.4, -0.2) is 22.7 Å². The predicted molar refractivity (Wildman–Crippen MR) is 121 cm³/mol. The minimum absolute atomic E-state index is 0.120. The molecule has 1 heterocycles. The Labute approximate surface area is 188 Å². The van der Waals surface area contributed by atoms with Gasteiger partial charge in [0.15, 0.2) is 0 Å². The molecule has 2 N–H and O–H groups in total. The number of nitrogens with zero attached hydrogens (tertiary/aromatic N) is 1. The van der Waals surface area contributed by atoms with Crippen molar-refractivity contribution in [3.63, 3.8) is 0 Å². The van der Waals surface area contributed by atoms with E-state index in [0.717, 1.165) is 10.0 Å². The maximum absolute atomic E-state index is 13.1. The molecule has 156 valence electrons. The van der Waals surface area contributed by atoms with Gasteiger partial charge in [-0.3, -0.25) is 14.5 Å². The molecule has 6 nitrogen and oxygen atoms in total. The van der Waals surface area contributed by atoms with Crippen LogP contribution in [0.2, 0.25) is 0 Å². The van der Waals surface area contributed by atoms with Gasteiger partial charge in [0.2, 0.25) is 0 Å². The van der Waals surface area contributed by atoms with Gasteiger partial charge in [0.05, 0.1) is 6.54 Å². The van der Waals surface area contributed by atoms with Crippen LogP contribution in [0.4, 0.5) is 10.5 Å². The third-order valence-corrected chi connectivity index (χ3v) is 5.76. The van der Waals surface area contributed by atoms with Gasteiger partial charge < -0.3 is 10.6 Å². The zero-order valence-corrected chi connectivity index (χ0v) is 18.3. The first kappa shape index (κ1) is 20.8. The van der Waals surface area contributed by atoms with E-state index in [1.54, 1.807) is 31.2 Å². The number of carbonyl (C=O) groups excluding carboxylic acids is 3. The summed E-state index contributed by atoms with van der Waals surface area (Å²) in [7, 11) is 0. The second-order valence-corrected chi connectivity index (χ2v) is 8.39. The summed E-state index contributed by atoms with van der Waals surface area (Å²) in [6.45, 7) is 1.82. The van der Waals surface area contributed by atoms with Crippen molar-refractivity contribution in [3.8, 4) is 0 Å². The molecule has 0 bridgehead atoms. The average molecular weight is 478 g/mol. The van der Waals surface area contributed by atoms with Gasteiger partial charge in [-0.15, -0.1) is 0 Å². The van der Waals surface area contributed by atoms with E-state index in [0.29, 0.717) is 16.8 Å². The van der Waals surface area contributed by atoms with Crippen molar-refractivity contribution in [2.75, 3.05) is 5.32 Å². The summed E-state index contributed by atoms with van der Waals surface area (Å²) in [4.78, 5) is 39.2. The molecule has 4 amide bonds. The molecule has 3 aromatic rings. The highest BCUT2D eigenvalue weighted by Gasteiger charge is 2.48. The fraction of sp³-hybridized carbons (Fsp3) is 0.125. The Kier molecular flexibility index (Phi) is 5.61. The fourth-order valence-corrected chi connectivity index (χ4v) is 3.90. The molecule has 0 spiro atoms. The predicted octanol–water partition coefficient (Wildman–Crippen LogP) is 4.67. The van der Waals surface area contributed by atoms with Crippen LogP contribution in [0.3, 0.4) is 0 Å². The Morgan fingerprint density at radius 3 is 2.39 bits per heavy atom. The number of para-hydroxylation sites is 1. The van der Waals surface area contributed by atoms with Gasteiger partial charge in [-0.25, -0.2) is 4.79 Å². The highest BCUT2D eigenvalue weighted by atomic mass is 79.9. The Morgan fingerprint density at radius 1 is 1.00 bits per heavy atom. The van der Waals surface area contributed by atoms with Crippen LogP contribution in [-0.2, 0) is 16.9 Å². The third-order valence-electron chi connectivity index (χ3n) is 5.27. The molecule has 1 aliphatic heterocycles. The second-order valence-electron chi connectivity index (χ2n) is 7.47. The molecule has 1 unspecified atom stereocenters. The molecule has 1 fully saturated rings. The monoisotopic (exact) mass is 477 g/mol. The summed E-state index contributed by atoms with van der Waals surface area (Å²) in [5.41, 5.74) is 1.52. The van der Waals surface area contributed by atoms with Crippen LogP contribution >= 0.6 is 15.9 Å². The van der Waals surface area contributed by atoms with E-state index in [9.17, 15) is 14.4 Å². The first-order chi connectivity index (χ1) is 14.9. The average Bonchev–Trinajstić information content (AvgIpc) is 2.99. The van der Waals surface area contributed by atoms with Crippen LogP contribution in [0.5, 0.6) is 0 Å². The molecular weight excluding hydrogens is 458 g/mol. The Bertz CT molecular complexity index is 1150. The van der Waals surface area contributed by atoms with E-state index < -0.39 is 11.6 Å². The lowest BCUT2D eigenvalue weighted by molar-refractivity contribution is -0.131. The summed E-state index contributed by atoms with van der Waals surface area (Å²) in [6, 6.07) is 22.9. The highest BCUT2D eigenvalue weighted by Crippen LogP contribution is 2.31. The smallest absolute Gasteiger partial charge is 0.322 e. The molecule has 1 saturated heterocycles. The van der Waals surface area contributed by atoms with Crippen molar-refractivity contribution in [2.45, 2.75) is 19.0 Å². The number of hydrogen-bond acceptors (Lipinski definition) is 3. The van der Waals surface area contributed by atoms with Crippen LogP contribution in [0, 0.1) is 0 Å². The standard InChI is InChI=1S/C24H20BrN3O3/c1-24(18-6-5-7-19(25)14-18)22(30)28(23(31)27-24)15-16-10-12-17(13-11-16)21(29)26-20-8-3-2-4-9-20/h2-14H,15H2,1H3,(H,26,29)(H,27,31). The van der Waals surface area contributed by atoms with Gasteiger partial charge in [-0.2, -0.15) is 0 Å². The first-order valence-corrected chi connectivity index (χ1v) is 10.5. The topological polar surface area (TPSA) is 78.5 Å². The van der Waals surface area contributed by atoms with Gasteiger partial charge in [0.25, 0.3) is 11.8 Å². The normalized spacial score (nSPS) is 18.1. The van der Waals surface area contributed by atoms with Crippen LogP contribution in [0.15, 0.2) is 83.3 Å². The molecule has 0 saturated carbocycles. The van der Waals surface area contributed by atoms with Crippen molar-refractivity contribution in [3.05, 3.63) is 100 Å². The number of carbonyl (C=O) groups is 3. The maximum atomic E-state index is 13.1. The molecule has 1 atom stereocenters. The van der Waals surface area contributed by atoms with Crippen LogP contribution in [0.1, 0.15) is 28.4 Å². The lowest BCUT2D eigenvalue weighted by Crippen LogP contribution is -2.40. The number of imide groups is 1. The lowest BCUT2D eigenvalue weighted by Gasteiger charge is -2.22. The van der Waals surface area contributed by atoms with Crippen molar-refractivity contribution in [1.29, 1.82) is 0 Å². The molecule has 31 heavy (non-hydrogen) atoms. The zero-order chi connectivity index (χ0) is 22.0. The van der Waals surface area contributed by atoms with Crippen LogP contribution in [0.25, 0.3) is 0 Å². The van der Waals surface area contributed by atoms with E-state index in [1.807, 2.05) is 54.6 Å². The Hall–Kier alpha value is -3.45. The van der Waals surface area contributed by atoms with Crippen molar-refractivity contribution in [2.24, 2.45) is 0 Å². The van der Waals surface area contributed by atoms with Gasteiger partial charge in [0, 0.05) is 15.7 Å². The quantitative estimate of drug-likeness (QED) is 0.524. The SMILES string of the molecule is CC1(c2cccc(Br)c2)NC(=O)N(Cc2ccc(C(=O)Nc3ccccc3)cc2)C1=O. The number of amides is 4. The molecular formula is C24H20BrN3O3. The van der Waals surface area contributed by atoms with E-state index in [2.05, 4.69) is 26.6 Å². The minimum atomic E-state index is -1.13. The van der Waals surface area contributed by atoms with Crippen molar-refractivity contribution < 1.29 is 14.4 Å². The molecule has 0 aromatic heterocycles. The third kappa shape index (κ3) is 4.22. The Morgan fingerprint density at radius 2 is 1.71 bits per heavy atom. The summed E-state index contributed by atoms with van der Waals surface area (Å²) in [5.74, 6) is -0.545. The second kappa shape index (κ2) is 8.35. The first-order valence-electron chi connectivity index (χ1n) is 9.72. The molecule has 3 aromatic carbocycles. The molecule has 0 aliphatic carbocycles. The van der Waals surface area contributed by atoms with Crippen LogP contribution < -0.4 is 10.6 Å². The number of benzene rings is 3. The number of hydrogen-bond donors (Lipinski definition) is 2. The van der Waals surface area contributed by atoms with E-state index in [4.69, 9.17) is 0 Å². The lowest BCUT2D eigenvalue weighted by atomic mass is 9.92. The van der Waals surface area contributed by atoms with Crippen molar-refractivity contribution in [1.82, 2.24) is 10.2 Å². The summed E-state index contributed by atoms with van der Waals surface area (Å²) in [6.07, 6.45) is 0. The van der Waals surface area contributed by atoms with E-state index >= 15 is 0 Å². The number of nitrogens with one attached hydrogen (secondary N) is 2. The largest absolute Gasteiger partial charge is 0.325 e. The number of anilines is 1. The Balaban J connectivity index is 1.47. The van der Waals surface area contributed by atoms with Crippen molar-refractivity contribution >= 4 is 39.5 Å². The molecule has 0 radical (unpaired) electrons. The van der Waals surface area contributed by atoms with Gasteiger partial charge in [-0.05, 0) is 54.4 Å². The van der Waals surface area contributed by atoms with E-state index in [-0.39, 0.29) is 18.4 Å². The summed E-state index contributed by atoms with van der Waals surface area (Å²) < 4.78 is 0.830. The fourth-order valence-electron chi connectivity index (χ4n) is 3.50. The highest BCUT2D eigenvalue weighted by molar-refractivity contribution is 9.10. The summed E-state index contributed by atoms with van der Waals surface area (Å²) >= 11 is 3.41. The number of rotatable bonds is 5. The van der Waals surface area contributed by atoms with Gasteiger partial charge >= 0.3 is 6.03 Å². The van der Waals surface area contributed by atoms with Gasteiger partial charge in [0.1, 0.15) is 5.54 Å². The van der Waals surface area contributed by atoms with Gasteiger partial charge in [-0.1, -0.05) is 58.4 Å². The minimum Gasteiger partial charge on any atom is -0.322 e. The number of halogens is 1. The molecule has 4 rings (SSSR count). The molecule has 1 aliphatic rings. The number of urea groups is 1. The maximum Gasteiger partial charge on any atom is 0.325 e. The zero-order valence-electron chi connectivity index (χ0n) is 16.8. The van der Waals surface area contributed by atoms with E-state index in [1.165, 1.54) is 4.90 Å². The summed E-state index contributed by atoms with van der Waals surface area (Å²) in [5, 5.41) is 5.63. The molecule has 7 heteroatoms.